The molecule has 1 aliphatic rings. The van der Waals surface area contributed by atoms with Crippen molar-refractivity contribution in [3.05, 3.63) is 17.3 Å². The Morgan fingerprint density at radius 2 is 2.36 bits per heavy atom. The molecule has 0 radical (unpaired) electrons. The first-order chi connectivity index (χ1) is 6.79. The molecule has 0 aliphatic carbocycles. The number of rotatable bonds is 2. The molecule has 5 heteroatoms. The Labute approximate surface area is 88.1 Å². The van der Waals surface area contributed by atoms with E-state index in [2.05, 4.69) is 15.1 Å². The van der Waals surface area contributed by atoms with Gasteiger partial charge in [-0.1, -0.05) is 11.6 Å². The van der Waals surface area contributed by atoms with Gasteiger partial charge in [0.05, 0.1) is 0 Å². The molecule has 4 nitrogen and oxygen atoms in total. The third kappa shape index (κ3) is 1.96. The summed E-state index contributed by atoms with van der Waals surface area (Å²) >= 11 is 5.66. The maximum absolute atomic E-state index is 5.66. The van der Waals surface area contributed by atoms with E-state index in [9.17, 15) is 0 Å². The fraction of sp³-hybridized carbons (Fsp3) is 0.556. The van der Waals surface area contributed by atoms with Crippen LogP contribution in [0.4, 0.5) is 5.82 Å². The van der Waals surface area contributed by atoms with Gasteiger partial charge in [-0.05, 0) is 31.0 Å². The molecule has 0 bridgehead atoms. The first-order valence-electron chi connectivity index (χ1n) is 4.74. The van der Waals surface area contributed by atoms with Gasteiger partial charge in [0.1, 0.15) is 0 Å². The Morgan fingerprint density at radius 1 is 1.50 bits per heavy atom. The zero-order valence-electron chi connectivity index (χ0n) is 7.86. The highest BCUT2D eigenvalue weighted by Gasteiger charge is 2.22. The summed E-state index contributed by atoms with van der Waals surface area (Å²) < 4.78 is 0. The highest BCUT2D eigenvalue weighted by molar-refractivity contribution is 6.29. The third-order valence-electron chi connectivity index (χ3n) is 2.56. The van der Waals surface area contributed by atoms with Crippen molar-refractivity contribution >= 4 is 17.4 Å². The Bertz CT molecular complexity index is 300. The summed E-state index contributed by atoms with van der Waals surface area (Å²) in [6.07, 6.45) is 1.14. The maximum atomic E-state index is 5.66. The van der Waals surface area contributed by atoms with Gasteiger partial charge in [-0.3, -0.25) is 0 Å². The number of aromatic nitrogens is 2. The highest BCUT2D eigenvalue weighted by Crippen LogP contribution is 2.21. The van der Waals surface area contributed by atoms with Gasteiger partial charge in [-0.15, -0.1) is 10.2 Å². The van der Waals surface area contributed by atoms with Crippen LogP contribution in [0, 0.1) is 5.92 Å². The number of nitrogens with two attached hydrogens (primary N) is 1. The molecular formula is C9H13ClN4. The monoisotopic (exact) mass is 212 g/mol. The molecule has 14 heavy (non-hydrogen) atoms. The summed E-state index contributed by atoms with van der Waals surface area (Å²) in [7, 11) is 0. The van der Waals surface area contributed by atoms with Gasteiger partial charge in [0.15, 0.2) is 11.0 Å². The van der Waals surface area contributed by atoms with Crippen molar-refractivity contribution in [1.29, 1.82) is 0 Å². The molecule has 76 valence electrons. The Morgan fingerprint density at radius 3 is 2.93 bits per heavy atom. The van der Waals surface area contributed by atoms with E-state index >= 15 is 0 Å². The molecule has 1 aliphatic heterocycles. The molecule has 0 saturated carbocycles. The molecule has 0 aromatic carbocycles. The van der Waals surface area contributed by atoms with E-state index in [0.717, 1.165) is 31.9 Å². The van der Waals surface area contributed by atoms with E-state index in [1.165, 1.54) is 0 Å². The second kappa shape index (κ2) is 4.11. The van der Waals surface area contributed by atoms with E-state index in [0.29, 0.717) is 11.1 Å². The largest absolute Gasteiger partial charge is 0.355 e. The lowest BCUT2D eigenvalue weighted by Crippen LogP contribution is -2.23. The Kier molecular flexibility index (Phi) is 2.84. The summed E-state index contributed by atoms with van der Waals surface area (Å²) in [5.74, 6) is 1.48. The summed E-state index contributed by atoms with van der Waals surface area (Å²) in [6.45, 7) is 2.74. The SMILES string of the molecule is NC[C@@H]1CCN(c2ccc(Cl)nn2)C1. The van der Waals surface area contributed by atoms with Gasteiger partial charge in [-0.2, -0.15) is 0 Å². The molecule has 1 saturated heterocycles. The molecule has 0 unspecified atom stereocenters. The predicted octanol–water partition coefficient (Wildman–Crippen LogP) is 0.915. The van der Waals surface area contributed by atoms with Crippen LogP contribution in [-0.4, -0.2) is 29.8 Å². The van der Waals surface area contributed by atoms with Crippen LogP contribution in [0.5, 0.6) is 0 Å². The number of nitrogens with zero attached hydrogens (tertiary/aromatic N) is 3. The zero-order valence-corrected chi connectivity index (χ0v) is 8.61. The van der Waals surface area contributed by atoms with E-state index in [1.807, 2.05) is 6.07 Å². The lowest BCUT2D eigenvalue weighted by atomic mass is 10.1. The van der Waals surface area contributed by atoms with Gasteiger partial charge in [0, 0.05) is 13.1 Å². The van der Waals surface area contributed by atoms with E-state index in [1.54, 1.807) is 6.07 Å². The van der Waals surface area contributed by atoms with Crippen LogP contribution < -0.4 is 10.6 Å². The first kappa shape index (κ1) is 9.68. The Balaban J connectivity index is 2.06. The molecule has 0 amide bonds. The molecule has 1 fully saturated rings. The number of halogens is 1. The summed E-state index contributed by atoms with van der Waals surface area (Å²) in [4.78, 5) is 2.20. The average Bonchev–Trinajstić information content (AvgIpc) is 2.67. The quantitative estimate of drug-likeness (QED) is 0.792. The third-order valence-corrected chi connectivity index (χ3v) is 2.76. The van der Waals surface area contributed by atoms with Crippen LogP contribution in [0.1, 0.15) is 6.42 Å². The van der Waals surface area contributed by atoms with Crippen LogP contribution in [0.15, 0.2) is 12.1 Å². The standard InChI is InChI=1S/C9H13ClN4/c10-8-1-2-9(13-12-8)14-4-3-7(5-11)6-14/h1-2,7H,3-6,11H2/t7-/m0/s1. The predicted molar refractivity (Wildman–Crippen MR) is 56.4 cm³/mol. The van der Waals surface area contributed by atoms with Gasteiger partial charge in [0.25, 0.3) is 0 Å². The van der Waals surface area contributed by atoms with Crippen molar-refractivity contribution in [3.63, 3.8) is 0 Å². The second-order valence-corrected chi connectivity index (χ2v) is 3.94. The summed E-state index contributed by atoms with van der Waals surface area (Å²) in [6, 6.07) is 3.66. The maximum Gasteiger partial charge on any atom is 0.151 e. The van der Waals surface area contributed by atoms with E-state index < -0.39 is 0 Å². The van der Waals surface area contributed by atoms with Crippen molar-refractivity contribution in [2.75, 3.05) is 24.5 Å². The molecular weight excluding hydrogens is 200 g/mol. The normalized spacial score (nSPS) is 21.6. The van der Waals surface area contributed by atoms with Crippen LogP contribution >= 0.6 is 11.6 Å². The molecule has 1 aromatic heterocycles. The molecule has 0 spiro atoms. The van der Waals surface area contributed by atoms with Crippen LogP contribution in [0.25, 0.3) is 0 Å². The second-order valence-electron chi connectivity index (χ2n) is 3.55. The Hall–Kier alpha value is -0.870. The number of hydrogen-bond donors (Lipinski definition) is 1. The minimum absolute atomic E-state index is 0.434. The lowest BCUT2D eigenvalue weighted by molar-refractivity contribution is 0.602. The first-order valence-corrected chi connectivity index (χ1v) is 5.11. The lowest BCUT2D eigenvalue weighted by Gasteiger charge is -2.15. The van der Waals surface area contributed by atoms with Gasteiger partial charge in [-0.25, -0.2) is 0 Å². The van der Waals surface area contributed by atoms with Crippen molar-refractivity contribution in [2.24, 2.45) is 11.7 Å². The highest BCUT2D eigenvalue weighted by atomic mass is 35.5. The molecule has 1 atom stereocenters. The van der Waals surface area contributed by atoms with Crippen molar-refractivity contribution in [3.8, 4) is 0 Å². The van der Waals surface area contributed by atoms with Gasteiger partial charge < -0.3 is 10.6 Å². The fourth-order valence-electron chi connectivity index (χ4n) is 1.71. The van der Waals surface area contributed by atoms with E-state index in [-0.39, 0.29) is 0 Å². The molecule has 2 N–H and O–H groups in total. The van der Waals surface area contributed by atoms with Crippen LogP contribution in [0.2, 0.25) is 5.15 Å². The topological polar surface area (TPSA) is 55.0 Å². The average molecular weight is 213 g/mol. The summed E-state index contributed by atoms with van der Waals surface area (Å²) in [5, 5.41) is 8.28. The zero-order chi connectivity index (χ0) is 9.97. The van der Waals surface area contributed by atoms with Crippen molar-refractivity contribution < 1.29 is 0 Å². The molecule has 2 heterocycles. The summed E-state index contributed by atoms with van der Waals surface area (Å²) in [5.41, 5.74) is 5.61. The fourth-order valence-corrected chi connectivity index (χ4v) is 1.81. The smallest absolute Gasteiger partial charge is 0.151 e. The van der Waals surface area contributed by atoms with Crippen molar-refractivity contribution in [1.82, 2.24) is 10.2 Å². The van der Waals surface area contributed by atoms with Gasteiger partial charge >= 0.3 is 0 Å². The minimum atomic E-state index is 0.434. The van der Waals surface area contributed by atoms with Gasteiger partial charge in [0.2, 0.25) is 0 Å². The molecule has 1 aromatic rings. The van der Waals surface area contributed by atoms with Crippen LogP contribution in [-0.2, 0) is 0 Å². The van der Waals surface area contributed by atoms with E-state index in [4.69, 9.17) is 17.3 Å². The number of hydrogen-bond acceptors (Lipinski definition) is 4. The minimum Gasteiger partial charge on any atom is -0.355 e. The van der Waals surface area contributed by atoms with Crippen molar-refractivity contribution in [2.45, 2.75) is 6.42 Å². The van der Waals surface area contributed by atoms with Crippen LogP contribution in [0.3, 0.4) is 0 Å². The number of anilines is 1. The molecule has 2 rings (SSSR count).